The monoisotopic (exact) mass is 202 g/mol. The van der Waals surface area contributed by atoms with E-state index in [4.69, 9.17) is 16.0 Å². The van der Waals surface area contributed by atoms with Crippen LogP contribution < -0.4 is 0 Å². The smallest absolute Gasteiger partial charge is 0.374 e. The summed E-state index contributed by atoms with van der Waals surface area (Å²) >= 11 is 5.11. The Morgan fingerprint density at radius 1 is 1.46 bits per heavy atom. The summed E-state index contributed by atoms with van der Waals surface area (Å²) in [6.45, 7) is 1.93. The Labute approximate surface area is 79.4 Å². The Morgan fingerprint density at radius 2 is 2.08 bits per heavy atom. The summed E-state index contributed by atoms with van der Waals surface area (Å²) in [4.78, 5) is 21.6. The molecule has 0 amide bonds. The molecule has 0 aliphatic carbocycles. The second kappa shape index (κ2) is 4.09. The minimum atomic E-state index is -0.740. The molecule has 0 saturated heterocycles. The van der Waals surface area contributed by atoms with Gasteiger partial charge in [-0.3, -0.25) is 4.79 Å². The highest BCUT2D eigenvalue weighted by Crippen LogP contribution is 2.11. The lowest BCUT2D eigenvalue weighted by Crippen LogP contribution is -2.02. The molecular weight excluding hydrogens is 196 g/mol. The lowest BCUT2D eigenvalue weighted by atomic mass is 10.4. The van der Waals surface area contributed by atoms with Crippen molar-refractivity contribution in [1.82, 2.24) is 0 Å². The fourth-order valence-corrected chi connectivity index (χ4v) is 0.857. The van der Waals surface area contributed by atoms with Crippen LogP contribution in [-0.2, 0) is 4.74 Å². The maximum Gasteiger partial charge on any atom is 0.374 e. The van der Waals surface area contributed by atoms with Crippen LogP contribution in [0.2, 0.25) is 0 Å². The second-order valence-corrected chi connectivity index (χ2v) is 2.50. The summed E-state index contributed by atoms with van der Waals surface area (Å²) in [5.41, 5.74) is 0. The van der Waals surface area contributed by atoms with Crippen molar-refractivity contribution in [2.24, 2.45) is 0 Å². The van der Waals surface area contributed by atoms with Crippen molar-refractivity contribution >= 4 is 22.8 Å². The third-order valence-electron chi connectivity index (χ3n) is 1.28. The molecule has 0 spiro atoms. The van der Waals surface area contributed by atoms with Gasteiger partial charge in [-0.05, 0) is 30.7 Å². The van der Waals surface area contributed by atoms with Gasteiger partial charge in [0.05, 0.1) is 6.61 Å². The summed E-state index contributed by atoms with van der Waals surface area (Å²) in [6, 6.07) is 2.66. The van der Waals surface area contributed by atoms with Crippen LogP contribution in [0.3, 0.4) is 0 Å². The molecule has 0 saturated carbocycles. The van der Waals surface area contributed by atoms with Gasteiger partial charge >= 0.3 is 5.97 Å². The predicted molar refractivity (Wildman–Crippen MR) is 44.8 cm³/mol. The lowest BCUT2D eigenvalue weighted by molar-refractivity contribution is 0.0489. The van der Waals surface area contributed by atoms with Crippen molar-refractivity contribution in [1.29, 1.82) is 0 Å². The highest BCUT2D eigenvalue weighted by molar-refractivity contribution is 6.67. The topological polar surface area (TPSA) is 56.5 Å². The summed E-state index contributed by atoms with van der Waals surface area (Å²) in [5, 5.41) is -0.740. The van der Waals surface area contributed by atoms with Gasteiger partial charge in [-0.15, -0.1) is 0 Å². The molecule has 1 aromatic rings. The van der Waals surface area contributed by atoms with E-state index in [1.165, 1.54) is 12.1 Å². The van der Waals surface area contributed by atoms with Gasteiger partial charge < -0.3 is 9.15 Å². The van der Waals surface area contributed by atoms with Gasteiger partial charge in [0, 0.05) is 0 Å². The van der Waals surface area contributed by atoms with Crippen LogP contribution in [0, 0.1) is 0 Å². The van der Waals surface area contributed by atoms with Crippen molar-refractivity contribution in [3.8, 4) is 0 Å². The quantitative estimate of drug-likeness (QED) is 0.554. The van der Waals surface area contributed by atoms with Crippen molar-refractivity contribution in [3.05, 3.63) is 23.7 Å². The SMILES string of the molecule is CCOC(=O)c1ccc(C(=O)Cl)o1. The van der Waals surface area contributed by atoms with Crippen molar-refractivity contribution in [2.45, 2.75) is 6.92 Å². The molecule has 0 unspecified atom stereocenters. The second-order valence-electron chi connectivity index (χ2n) is 2.16. The maximum absolute atomic E-state index is 11.0. The lowest BCUT2D eigenvalue weighted by Gasteiger charge is -1.95. The Balaban J connectivity index is 2.79. The summed E-state index contributed by atoms with van der Waals surface area (Å²) in [5.74, 6) is -0.692. The van der Waals surface area contributed by atoms with Crippen LogP contribution >= 0.6 is 11.6 Å². The van der Waals surface area contributed by atoms with Gasteiger partial charge in [-0.25, -0.2) is 4.79 Å². The van der Waals surface area contributed by atoms with Gasteiger partial charge in [-0.1, -0.05) is 0 Å². The van der Waals surface area contributed by atoms with Crippen LogP contribution in [0.15, 0.2) is 16.5 Å². The van der Waals surface area contributed by atoms with E-state index in [-0.39, 0.29) is 18.1 Å². The zero-order valence-corrected chi connectivity index (χ0v) is 7.63. The molecule has 0 aromatic carbocycles. The minimum Gasteiger partial charge on any atom is -0.460 e. The summed E-state index contributed by atoms with van der Waals surface area (Å²) in [7, 11) is 0. The first-order valence-corrected chi connectivity index (χ1v) is 3.99. The van der Waals surface area contributed by atoms with Gasteiger partial charge in [0.1, 0.15) is 0 Å². The first-order valence-electron chi connectivity index (χ1n) is 3.62. The molecule has 13 heavy (non-hydrogen) atoms. The van der Waals surface area contributed by atoms with Crippen LogP contribution in [0.1, 0.15) is 28.0 Å². The van der Waals surface area contributed by atoms with Crippen LogP contribution in [0.5, 0.6) is 0 Å². The van der Waals surface area contributed by atoms with E-state index < -0.39 is 11.2 Å². The number of halogens is 1. The number of hydrogen-bond donors (Lipinski definition) is 0. The average molecular weight is 203 g/mol. The zero-order chi connectivity index (χ0) is 9.84. The highest BCUT2D eigenvalue weighted by Gasteiger charge is 2.14. The van der Waals surface area contributed by atoms with E-state index in [0.717, 1.165) is 0 Å². The summed E-state index contributed by atoms with van der Waals surface area (Å²) < 4.78 is 9.44. The van der Waals surface area contributed by atoms with Crippen molar-refractivity contribution < 1.29 is 18.7 Å². The first kappa shape index (κ1) is 9.80. The molecule has 0 atom stereocenters. The van der Waals surface area contributed by atoms with Crippen LogP contribution in [-0.4, -0.2) is 17.8 Å². The number of carbonyl (C=O) groups is 2. The molecule has 0 aliphatic rings. The Hall–Kier alpha value is -1.29. The number of hydrogen-bond acceptors (Lipinski definition) is 4. The molecule has 4 nitrogen and oxygen atoms in total. The van der Waals surface area contributed by atoms with E-state index in [2.05, 4.69) is 4.74 Å². The number of rotatable bonds is 3. The molecule has 1 heterocycles. The number of esters is 1. The molecule has 1 rings (SSSR count). The first-order chi connectivity index (χ1) is 6.15. The number of furan rings is 1. The third kappa shape index (κ3) is 2.32. The molecule has 0 aliphatic heterocycles. The minimum absolute atomic E-state index is 0.0224. The fourth-order valence-electron chi connectivity index (χ4n) is 0.755. The highest BCUT2D eigenvalue weighted by atomic mass is 35.5. The van der Waals surface area contributed by atoms with Gasteiger partial charge in [-0.2, -0.15) is 0 Å². The molecule has 5 heteroatoms. The van der Waals surface area contributed by atoms with E-state index >= 15 is 0 Å². The molecule has 0 radical (unpaired) electrons. The number of carbonyl (C=O) groups excluding carboxylic acids is 2. The molecular formula is C8H7ClO4. The van der Waals surface area contributed by atoms with E-state index in [1.54, 1.807) is 6.92 Å². The van der Waals surface area contributed by atoms with Crippen LogP contribution in [0.4, 0.5) is 0 Å². The standard InChI is InChI=1S/C8H7ClO4/c1-2-12-8(11)6-4-3-5(13-6)7(9)10/h3-4H,2H2,1H3. The zero-order valence-electron chi connectivity index (χ0n) is 6.87. The molecule has 1 aromatic heterocycles. The Morgan fingerprint density at radius 3 is 2.54 bits per heavy atom. The van der Waals surface area contributed by atoms with Crippen LogP contribution in [0.25, 0.3) is 0 Å². The number of ether oxygens (including phenoxy) is 1. The third-order valence-corrected chi connectivity index (χ3v) is 1.46. The van der Waals surface area contributed by atoms with Gasteiger partial charge in [0.2, 0.25) is 5.76 Å². The molecule has 0 N–H and O–H groups in total. The fraction of sp³-hybridized carbons (Fsp3) is 0.250. The van der Waals surface area contributed by atoms with E-state index in [9.17, 15) is 9.59 Å². The summed E-state index contributed by atoms with van der Waals surface area (Å²) in [6.07, 6.45) is 0. The van der Waals surface area contributed by atoms with Crippen molar-refractivity contribution in [2.75, 3.05) is 6.61 Å². The largest absolute Gasteiger partial charge is 0.460 e. The Bertz CT molecular complexity index is 329. The van der Waals surface area contributed by atoms with Gasteiger partial charge in [0.25, 0.3) is 5.24 Å². The normalized spacial score (nSPS) is 9.69. The van der Waals surface area contributed by atoms with E-state index in [1.807, 2.05) is 0 Å². The average Bonchev–Trinajstić information content (AvgIpc) is 2.52. The molecule has 0 fully saturated rings. The van der Waals surface area contributed by atoms with Gasteiger partial charge in [0.15, 0.2) is 5.76 Å². The van der Waals surface area contributed by atoms with E-state index in [0.29, 0.717) is 0 Å². The Kier molecular flexibility index (Phi) is 3.08. The predicted octanol–water partition coefficient (Wildman–Crippen LogP) is 1.84. The molecule has 0 bridgehead atoms. The van der Waals surface area contributed by atoms with Crippen molar-refractivity contribution in [3.63, 3.8) is 0 Å². The maximum atomic E-state index is 11.0. The molecule has 70 valence electrons.